The van der Waals surface area contributed by atoms with E-state index in [1.54, 1.807) is 6.08 Å². The molecule has 2 heterocycles. The average molecular weight is 390 g/mol. The summed E-state index contributed by atoms with van der Waals surface area (Å²) in [5.74, 6) is 0.689. The molecule has 148 valence electrons. The SMILES string of the molecule is Cc1cc2c(cc1C)=NC(=O)C(CCNC(=O)/C=C/c1ccc3c(c1)OCO3)C=2. The Kier molecular flexibility index (Phi) is 5.16. The van der Waals surface area contributed by atoms with E-state index < -0.39 is 0 Å². The fourth-order valence-corrected chi connectivity index (χ4v) is 3.35. The first-order valence-corrected chi connectivity index (χ1v) is 9.57. The molecule has 6 nitrogen and oxygen atoms in total. The van der Waals surface area contributed by atoms with Crippen molar-refractivity contribution in [3.05, 3.63) is 63.7 Å². The molecule has 0 radical (unpaired) electrons. The van der Waals surface area contributed by atoms with Gasteiger partial charge in [-0.05, 0) is 72.5 Å². The summed E-state index contributed by atoms with van der Waals surface area (Å²) in [5.41, 5.74) is 3.14. The van der Waals surface area contributed by atoms with Crippen LogP contribution in [0.3, 0.4) is 0 Å². The Morgan fingerprint density at radius 1 is 1.17 bits per heavy atom. The van der Waals surface area contributed by atoms with Crippen LogP contribution in [0.15, 0.2) is 41.4 Å². The first-order chi connectivity index (χ1) is 14.0. The highest BCUT2D eigenvalue weighted by Gasteiger charge is 2.18. The summed E-state index contributed by atoms with van der Waals surface area (Å²) in [6.45, 7) is 4.67. The van der Waals surface area contributed by atoms with E-state index in [9.17, 15) is 9.59 Å². The second kappa shape index (κ2) is 7.91. The Labute approximate surface area is 168 Å². The van der Waals surface area contributed by atoms with E-state index in [1.165, 1.54) is 11.6 Å². The van der Waals surface area contributed by atoms with Gasteiger partial charge in [0.25, 0.3) is 5.91 Å². The highest BCUT2D eigenvalue weighted by Crippen LogP contribution is 2.32. The zero-order valence-electron chi connectivity index (χ0n) is 16.4. The van der Waals surface area contributed by atoms with E-state index >= 15 is 0 Å². The van der Waals surface area contributed by atoms with Crippen molar-refractivity contribution in [2.75, 3.05) is 13.3 Å². The molecule has 0 spiro atoms. The number of fused-ring (bicyclic) bond motifs is 2. The highest BCUT2D eigenvalue weighted by atomic mass is 16.7. The molecule has 2 aromatic carbocycles. The third kappa shape index (κ3) is 4.21. The summed E-state index contributed by atoms with van der Waals surface area (Å²) in [6.07, 6.45) is 5.64. The number of amides is 2. The number of ether oxygens (including phenoxy) is 2. The van der Waals surface area contributed by atoms with Crippen LogP contribution in [-0.4, -0.2) is 25.2 Å². The number of carbonyl (C=O) groups is 2. The van der Waals surface area contributed by atoms with Crippen LogP contribution in [0.25, 0.3) is 12.2 Å². The molecule has 2 aromatic rings. The largest absolute Gasteiger partial charge is 0.454 e. The first kappa shape index (κ1) is 18.9. The van der Waals surface area contributed by atoms with Crippen molar-refractivity contribution in [3.8, 4) is 11.5 Å². The van der Waals surface area contributed by atoms with Crippen molar-refractivity contribution < 1.29 is 19.1 Å². The number of hydrogen-bond donors (Lipinski definition) is 1. The van der Waals surface area contributed by atoms with Gasteiger partial charge in [0.15, 0.2) is 11.5 Å². The standard InChI is InChI=1S/C23H22N2O4/c1-14-9-18-12-17(23(27)25-19(18)10-15(14)2)7-8-24-22(26)6-4-16-3-5-20-21(11-16)29-13-28-20/h3-6,9-12,17H,7-8,13H2,1-2H3,(H,24,26)/b6-4+. The van der Waals surface area contributed by atoms with Crippen LogP contribution in [0.1, 0.15) is 23.1 Å². The second-order valence-electron chi connectivity index (χ2n) is 7.24. The van der Waals surface area contributed by atoms with Gasteiger partial charge in [-0.2, -0.15) is 0 Å². The Morgan fingerprint density at radius 2 is 1.97 bits per heavy atom. The zero-order chi connectivity index (χ0) is 20.4. The van der Waals surface area contributed by atoms with Crippen LogP contribution in [-0.2, 0) is 9.59 Å². The zero-order valence-corrected chi connectivity index (χ0v) is 16.4. The summed E-state index contributed by atoms with van der Waals surface area (Å²) in [4.78, 5) is 28.6. The predicted molar refractivity (Wildman–Crippen MR) is 109 cm³/mol. The summed E-state index contributed by atoms with van der Waals surface area (Å²) in [5, 5.41) is 4.53. The summed E-state index contributed by atoms with van der Waals surface area (Å²) >= 11 is 0. The van der Waals surface area contributed by atoms with Gasteiger partial charge in [0.1, 0.15) is 0 Å². The maximum atomic E-state index is 12.3. The molecule has 2 aliphatic heterocycles. The van der Waals surface area contributed by atoms with Gasteiger partial charge in [0, 0.05) is 12.6 Å². The van der Waals surface area contributed by atoms with E-state index in [0.29, 0.717) is 24.5 Å². The molecule has 1 N–H and O–H groups in total. The highest BCUT2D eigenvalue weighted by molar-refractivity contribution is 5.92. The van der Waals surface area contributed by atoms with Gasteiger partial charge >= 0.3 is 0 Å². The quantitative estimate of drug-likeness (QED) is 0.790. The monoisotopic (exact) mass is 390 g/mol. The van der Waals surface area contributed by atoms with Crippen LogP contribution in [0, 0.1) is 19.8 Å². The lowest BCUT2D eigenvalue weighted by molar-refractivity contribution is -0.121. The molecule has 2 aliphatic rings. The number of carbonyl (C=O) groups excluding carboxylic acids is 2. The summed E-state index contributed by atoms with van der Waals surface area (Å²) < 4.78 is 10.6. The number of rotatable bonds is 5. The minimum absolute atomic E-state index is 0.161. The number of aryl methyl sites for hydroxylation is 2. The summed E-state index contributed by atoms with van der Waals surface area (Å²) in [7, 11) is 0. The van der Waals surface area contributed by atoms with Gasteiger partial charge in [0.05, 0.1) is 11.3 Å². The van der Waals surface area contributed by atoms with Crippen LogP contribution < -0.4 is 25.4 Å². The van der Waals surface area contributed by atoms with Gasteiger partial charge < -0.3 is 14.8 Å². The Hall–Kier alpha value is -3.41. The number of nitrogens with zero attached hydrogens (tertiary/aromatic N) is 1. The van der Waals surface area contributed by atoms with Gasteiger partial charge in [-0.1, -0.05) is 12.1 Å². The minimum Gasteiger partial charge on any atom is -0.454 e. The third-order valence-corrected chi connectivity index (χ3v) is 5.15. The Bertz CT molecular complexity index is 1130. The normalized spacial score (nSPS) is 16.9. The van der Waals surface area contributed by atoms with Crippen molar-refractivity contribution in [3.63, 3.8) is 0 Å². The third-order valence-electron chi connectivity index (χ3n) is 5.15. The van der Waals surface area contributed by atoms with E-state index in [0.717, 1.165) is 21.7 Å². The van der Waals surface area contributed by atoms with Crippen LogP contribution in [0.4, 0.5) is 0 Å². The molecule has 1 unspecified atom stereocenters. The molecule has 0 saturated carbocycles. The number of nitrogens with one attached hydrogen (secondary N) is 1. The minimum atomic E-state index is -0.317. The average Bonchev–Trinajstić information content (AvgIpc) is 3.16. The lowest BCUT2D eigenvalue weighted by Gasteiger charge is -2.13. The fraction of sp³-hybridized carbons (Fsp3) is 0.261. The maximum absolute atomic E-state index is 12.3. The first-order valence-electron chi connectivity index (χ1n) is 9.57. The van der Waals surface area contributed by atoms with Gasteiger partial charge in [0.2, 0.25) is 12.7 Å². The molecule has 1 atom stereocenters. The van der Waals surface area contributed by atoms with Crippen molar-refractivity contribution in [2.24, 2.45) is 10.9 Å². The molecule has 4 rings (SSSR count). The Balaban J connectivity index is 1.33. The molecule has 0 aliphatic carbocycles. The molecule has 6 heteroatoms. The molecule has 0 saturated heterocycles. The molecule has 0 bridgehead atoms. The molecule has 29 heavy (non-hydrogen) atoms. The van der Waals surface area contributed by atoms with Gasteiger partial charge in [-0.15, -0.1) is 0 Å². The lowest BCUT2D eigenvalue weighted by atomic mass is 9.98. The smallest absolute Gasteiger partial charge is 0.253 e. The van der Waals surface area contributed by atoms with Gasteiger partial charge in [-0.25, -0.2) is 4.99 Å². The fourth-order valence-electron chi connectivity index (χ4n) is 3.35. The molecular formula is C23H22N2O4. The molecule has 0 fully saturated rings. The predicted octanol–water partition coefficient (Wildman–Crippen LogP) is 1.81. The van der Waals surface area contributed by atoms with Gasteiger partial charge in [-0.3, -0.25) is 9.59 Å². The van der Waals surface area contributed by atoms with Crippen molar-refractivity contribution in [2.45, 2.75) is 20.3 Å². The molecular weight excluding hydrogens is 368 g/mol. The summed E-state index contributed by atoms with van der Waals surface area (Å²) in [6, 6.07) is 9.49. The lowest BCUT2D eigenvalue weighted by Crippen LogP contribution is -2.35. The number of benzene rings is 2. The van der Waals surface area contributed by atoms with Crippen molar-refractivity contribution >= 4 is 24.0 Å². The van der Waals surface area contributed by atoms with E-state index in [2.05, 4.69) is 16.4 Å². The van der Waals surface area contributed by atoms with Crippen LogP contribution in [0.2, 0.25) is 0 Å². The van der Waals surface area contributed by atoms with Crippen molar-refractivity contribution in [1.29, 1.82) is 0 Å². The van der Waals surface area contributed by atoms with E-state index in [1.807, 2.05) is 44.2 Å². The number of hydrogen-bond acceptors (Lipinski definition) is 4. The maximum Gasteiger partial charge on any atom is 0.253 e. The molecule has 0 aromatic heterocycles. The van der Waals surface area contributed by atoms with Crippen LogP contribution >= 0.6 is 0 Å². The molecule has 2 amide bonds. The second-order valence-corrected chi connectivity index (χ2v) is 7.24. The van der Waals surface area contributed by atoms with Crippen molar-refractivity contribution in [1.82, 2.24) is 5.32 Å². The van der Waals surface area contributed by atoms with Crippen LogP contribution in [0.5, 0.6) is 11.5 Å². The van der Waals surface area contributed by atoms with E-state index in [4.69, 9.17) is 9.47 Å². The van der Waals surface area contributed by atoms with E-state index in [-0.39, 0.29) is 24.5 Å². The Morgan fingerprint density at radius 3 is 2.83 bits per heavy atom. The topological polar surface area (TPSA) is 77.0 Å².